The van der Waals surface area contributed by atoms with Crippen LogP contribution in [0.15, 0.2) is 17.0 Å². The van der Waals surface area contributed by atoms with Gasteiger partial charge >= 0.3 is 0 Å². The van der Waals surface area contributed by atoms with Crippen LogP contribution in [0.25, 0.3) is 0 Å². The van der Waals surface area contributed by atoms with Gasteiger partial charge in [-0.05, 0) is 37.5 Å². The van der Waals surface area contributed by atoms with Crippen molar-refractivity contribution in [2.75, 3.05) is 19.3 Å². The van der Waals surface area contributed by atoms with E-state index in [1.807, 2.05) is 0 Å². The molecule has 1 aliphatic carbocycles. The highest BCUT2D eigenvalue weighted by atomic mass is 35.5. The number of likely N-dealkylation sites (N-methyl/N-ethyl adjacent to an activating group) is 1. The average Bonchev–Trinajstić information content (AvgIpc) is 3.18. The molecule has 0 aromatic heterocycles. The topological polar surface area (TPSA) is 92.5 Å². The minimum absolute atomic E-state index is 0.0311. The second-order valence-electron chi connectivity index (χ2n) is 5.25. The normalized spacial score (nSPS) is 15.2. The molecule has 1 saturated carbocycles. The molecule has 0 unspecified atom stereocenters. The fourth-order valence-corrected chi connectivity index (χ4v) is 3.24. The summed E-state index contributed by atoms with van der Waals surface area (Å²) in [5, 5.41) is 3.09. The molecule has 0 heterocycles. The minimum atomic E-state index is -3.78. The number of carbonyl (C=O) groups is 1. The zero-order valence-electron chi connectivity index (χ0n) is 11.9. The average molecular weight is 332 g/mol. The number of nitrogens with two attached hydrogens (primary N) is 1. The number of sulfonamides is 1. The van der Waals surface area contributed by atoms with Crippen LogP contribution in [-0.4, -0.2) is 38.3 Å². The van der Waals surface area contributed by atoms with Crippen molar-refractivity contribution >= 4 is 33.2 Å². The lowest BCUT2D eigenvalue weighted by molar-refractivity contribution is -0.121. The van der Waals surface area contributed by atoms with Crippen LogP contribution in [0, 0.1) is 6.92 Å². The largest absolute Gasteiger partial charge is 0.397 e. The van der Waals surface area contributed by atoms with Crippen LogP contribution < -0.4 is 11.1 Å². The Bertz CT molecular complexity index is 648. The molecule has 21 heavy (non-hydrogen) atoms. The van der Waals surface area contributed by atoms with Crippen LogP contribution in [0.3, 0.4) is 0 Å². The molecule has 0 radical (unpaired) electrons. The van der Waals surface area contributed by atoms with Gasteiger partial charge in [-0.15, -0.1) is 0 Å². The highest BCUT2D eigenvalue weighted by Gasteiger charge is 2.27. The molecule has 3 N–H and O–H groups in total. The lowest BCUT2D eigenvalue weighted by Gasteiger charge is -2.18. The fourth-order valence-electron chi connectivity index (χ4n) is 1.88. The third kappa shape index (κ3) is 3.66. The van der Waals surface area contributed by atoms with Gasteiger partial charge in [0.25, 0.3) is 0 Å². The summed E-state index contributed by atoms with van der Waals surface area (Å²) in [7, 11) is -2.41. The second-order valence-corrected chi connectivity index (χ2v) is 7.67. The van der Waals surface area contributed by atoms with E-state index in [0.29, 0.717) is 10.6 Å². The Balaban J connectivity index is 2.18. The first-order valence-corrected chi connectivity index (χ1v) is 8.35. The number of nitrogens with zero attached hydrogens (tertiary/aromatic N) is 1. The molecule has 6 nitrogen and oxygen atoms in total. The van der Waals surface area contributed by atoms with Crippen LogP contribution in [0.2, 0.25) is 5.02 Å². The van der Waals surface area contributed by atoms with Crippen LogP contribution in [0.4, 0.5) is 5.69 Å². The molecule has 0 aliphatic heterocycles. The molecule has 116 valence electrons. The Labute approximate surface area is 129 Å². The molecule has 1 amide bonds. The molecule has 0 spiro atoms. The van der Waals surface area contributed by atoms with Crippen LogP contribution >= 0.6 is 11.6 Å². The quantitative estimate of drug-likeness (QED) is 0.791. The lowest BCUT2D eigenvalue weighted by Crippen LogP contribution is -2.39. The van der Waals surface area contributed by atoms with E-state index in [9.17, 15) is 13.2 Å². The molecule has 2 rings (SSSR count). The zero-order valence-corrected chi connectivity index (χ0v) is 13.5. The lowest BCUT2D eigenvalue weighted by atomic mass is 10.2. The molecular formula is C13H18ClN3O3S. The van der Waals surface area contributed by atoms with E-state index in [2.05, 4.69) is 5.32 Å². The molecule has 0 bridgehead atoms. The van der Waals surface area contributed by atoms with E-state index in [1.165, 1.54) is 19.2 Å². The first-order chi connectivity index (χ1) is 9.71. The van der Waals surface area contributed by atoms with Gasteiger partial charge in [-0.3, -0.25) is 4.79 Å². The van der Waals surface area contributed by atoms with Crippen molar-refractivity contribution in [3.05, 3.63) is 22.7 Å². The number of aryl methyl sites for hydroxylation is 1. The van der Waals surface area contributed by atoms with Gasteiger partial charge in [-0.1, -0.05) is 11.6 Å². The van der Waals surface area contributed by atoms with Gasteiger partial charge in [-0.25, -0.2) is 8.42 Å². The number of benzene rings is 1. The standard InChI is InChI=1S/C13H18ClN3O3S/c1-8-5-10(6-11(15)13(8)14)21(19,20)17(2)7-12(18)16-9-3-4-9/h5-6,9H,3-4,7,15H2,1-2H3,(H,16,18). The number of nitrogens with one attached hydrogen (secondary N) is 1. The van der Waals surface area contributed by atoms with Crippen LogP contribution in [0.1, 0.15) is 18.4 Å². The third-order valence-corrected chi connectivity index (χ3v) is 5.57. The maximum absolute atomic E-state index is 12.4. The van der Waals surface area contributed by atoms with Crippen LogP contribution in [0.5, 0.6) is 0 Å². The Morgan fingerprint density at radius 3 is 2.62 bits per heavy atom. The predicted octanol–water partition coefficient (Wildman–Crippen LogP) is 1.13. The molecular weight excluding hydrogens is 314 g/mol. The number of hydrogen-bond acceptors (Lipinski definition) is 4. The Morgan fingerprint density at radius 2 is 2.10 bits per heavy atom. The molecule has 0 atom stereocenters. The number of anilines is 1. The van der Waals surface area contributed by atoms with Crippen molar-refractivity contribution in [1.29, 1.82) is 0 Å². The summed E-state index contributed by atoms with van der Waals surface area (Å²) in [5.74, 6) is -0.303. The molecule has 1 aromatic carbocycles. The number of nitrogen functional groups attached to an aromatic ring is 1. The summed E-state index contributed by atoms with van der Waals surface area (Å²) < 4.78 is 25.9. The zero-order chi connectivity index (χ0) is 15.8. The Morgan fingerprint density at radius 1 is 1.48 bits per heavy atom. The molecule has 1 aliphatic rings. The van der Waals surface area contributed by atoms with Crippen molar-refractivity contribution in [1.82, 2.24) is 9.62 Å². The van der Waals surface area contributed by atoms with Crippen molar-refractivity contribution in [3.8, 4) is 0 Å². The minimum Gasteiger partial charge on any atom is -0.397 e. The first-order valence-electron chi connectivity index (χ1n) is 6.53. The number of hydrogen-bond donors (Lipinski definition) is 2. The number of halogens is 1. The fraction of sp³-hybridized carbons (Fsp3) is 0.462. The summed E-state index contributed by atoms with van der Waals surface area (Å²) in [4.78, 5) is 11.7. The summed E-state index contributed by atoms with van der Waals surface area (Å²) in [6, 6.07) is 2.95. The SMILES string of the molecule is Cc1cc(S(=O)(=O)N(C)CC(=O)NC2CC2)cc(N)c1Cl. The third-order valence-electron chi connectivity index (χ3n) is 3.27. The maximum atomic E-state index is 12.4. The van der Waals surface area contributed by atoms with Gasteiger partial charge in [0, 0.05) is 13.1 Å². The number of rotatable bonds is 5. The van der Waals surface area contributed by atoms with E-state index in [-0.39, 0.29) is 29.1 Å². The van der Waals surface area contributed by atoms with E-state index in [0.717, 1.165) is 17.1 Å². The van der Waals surface area contributed by atoms with E-state index in [4.69, 9.17) is 17.3 Å². The van der Waals surface area contributed by atoms with Gasteiger partial charge in [0.15, 0.2) is 0 Å². The van der Waals surface area contributed by atoms with E-state index in [1.54, 1.807) is 6.92 Å². The van der Waals surface area contributed by atoms with Gasteiger partial charge < -0.3 is 11.1 Å². The Kier molecular flexibility index (Phi) is 4.46. The van der Waals surface area contributed by atoms with Crippen molar-refractivity contribution in [3.63, 3.8) is 0 Å². The summed E-state index contributed by atoms with van der Waals surface area (Å²) in [5.41, 5.74) is 6.47. The molecule has 0 saturated heterocycles. The Hall–Kier alpha value is -1.31. The van der Waals surface area contributed by atoms with Gasteiger partial charge in [0.05, 0.1) is 22.2 Å². The highest BCUT2D eigenvalue weighted by Crippen LogP contribution is 2.28. The number of amides is 1. The monoisotopic (exact) mass is 331 g/mol. The molecule has 8 heteroatoms. The molecule has 1 fully saturated rings. The van der Waals surface area contributed by atoms with Gasteiger partial charge in [0.2, 0.25) is 15.9 Å². The van der Waals surface area contributed by atoms with E-state index >= 15 is 0 Å². The molecule has 1 aromatic rings. The maximum Gasteiger partial charge on any atom is 0.243 e. The van der Waals surface area contributed by atoms with Crippen molar-refractivity contribution < 1.29 is 13.2 Å². The summed E-state index contributed by atoms with van der Waals surface area (Å²) >= 11 is 5.93. The summed E-state index contributed by atoms with van der Waals surface area (Å²) in [6.07, 6.45) is 1.91. The number of carbonyl (C=O) groups excluding carboxylic acids is 1. The first kappa shape index (κ1) is 16.1. The highest BCUT2D eigenvalue weighted by molar-refractivity contribution is 7.89. The second kappa shape index (κ2) is 5.82. The predicted molar refractivity (Wildman–Crippen MR) is 81.6 cm³/mol. The smallest absolute Gasteiger partial charge is 0.243 e. The van der Waals surface area contributed by atoms with Crippen LogP contribution in [-0.2, 0) is 14.8 Å². The van der Waals surface area contributed by atoms with Crippen molar-refractivity contribution in [2.24, 2.45) is 0 Å². The van der Waals surface area contributed by atoms with Gasteiger partial charge in [-0.2, -0.15) is 4.31 Å². The summed E-state index contributed by atoms with van der Waals surface area (Å²) in [6.45, 7) is 1.46. The van der Waals surface area contributed by atoms with Gasteiger partial charge in [0.1, 0.15) is 0 Å². The van der Waals surface area contributed by atoms with Crippen molar-refractivity contribution in [2.45, 2.75) is 30.7 Å². The van der Waals surface area contributed by atoms with E-state index < -0.39 is 10.0 Å².